The third-order valence-corrected chi connectivity index (χ3v) is 6.51. The zero-order valence-corrected chi connectivity index (χ0v) is 21.3. The molecule has 0 N–H and O–H groups in total. The largest absolute Gasteiger partial charge is 0.619 e. The van der Waals surface area contributed by atoms with Crippen LogP contribution in [0.4, 0.5) is 23.4 Å². The predicted molar refractivity (Wildman–Crippen MR) is 138 cm³/mol. The molecule has 2 aromatic heterocycles. The first-order valence-electron chi connectivity index (χ1n) is 12.2. The zero-order chi connectivity index (χ0) is 27.9. The van der Waals surface area contributed by atoms with E-state index in [9.17, 15) is 22.8 Å². The lowest BCUT2D eigenvalue weighted by molar-refractivity contribution is -0.605. The standard InChI is InChI=1S/C29H27F4N3O3/c1-19(21-6-4-3-5-7-21)35(2)27-11-9-23(18-34-27)24(16-20-12-14-36(37)15-13-20)22-8-10-25(38-28(30)31)26(17-22)39-29(32)33/h3-15,17-19,24,28-29H,16H2,1-2H3/t19-,24?/m0/s1. The van der Waals surface area contributed by atoms with E-state index in [4.69, 9.17) is 0 Å². The Morgan fingerprint density at radius 2 is 1.46 bits per heavy atom. The van der Waals surface area contributed by atoms with Gasteiger partial charge in [-0.25, -0.2) is 4.98 Å². The van der Waals surface area contributed by atoms with Crippen LogP contribution in [-0.2, 0) is 6.42 Å². The molecule has 0 saturated heterocycles. The van der Waals surface area contributed by atoms with E-state index in [0.29, 0.717) is 16.7 Å². The fourth-order valence-electron chi connectivity index (χ4n) is 4.33. The molecule has 4 aromatic rings. The van der Waals surface area contributed by atoms with Gasteiger partial charge in [-0.2, -0.15) is 22.3 Å². The summed E-state index contributed by atoms with van der Waals surface area (Å²) < 4.78 is 61.4. The van der Waals surface area contributed by atoms with Crippen LogP contribution in [0.2, 0.25) is 0 Å². The summed E-state index contributed by atoms with van der Waals surface area (Å²) in [7, 11) is 1.94. The first-order valence-corrected chi connectivity index (χ1v) is 12.2. The van der Waals surface area contributed by atoms with Crippen LogP contribution in [-0.4, -0.2) is 25.3 Å². The highest BCUT2D eigenvalue weighted by Crippen LogP contribution is 2.37. The van der Waals surface area contributed by atoms with E-state index in [-0.39, 0.29) is 6.04 Å². The molecular weight excluding hydrogens is 514 g/mol. The second-order valence-corrected chi connectivity index (χ2v) is 8.93. The average Bonchev–Trinajstić information content (AvgIpc) is 2.93. The van der Waals surface area contributed by atoms with Gasteiger partial charge >= 0.3 is 13.2 Å². The highest BCUT2D eigenvalue weighted by Gasteiger charge is 2.22. The van der Waals surface area contributed by atoms with Gasteiger partial charge in [-0.15, -0.1) is 0 Å². The third-order valence-electron chi connectivity index (χ3n) is 6.51. The van der Waals surface area contributed by atoms with Gasteiger partial charge in [-0.05, 0) is 53.8 Å². The van der Waals surface area contributed by atoms with E-state index < -0.39 is 30.6 Å². The summed E-state index contributed by atoms with van der Waals surface area (Å²) in [6, 6.07) is 21.1. The minimum atomic E-state index is -3.23. The van der Waals surface area contributed by atoms with Crippen LogP contribution in [0, 0.1) is 5.21 Å². The summed E-state index contributed by atoms with van der Waals surface area (Å²) in [6.45, 7) is -4.37. The van der Waals surface area contributed by atoms with Crippen LogP contribution >= 0.6 is 0 Å². The smallest absolute Gasteiger partial charge is 0.387 e. The molecule has 10 heteroatoms. The van der Waals surface area contributed by atoms with Gasteiger partial charge in [0.05, 0.1) is 6.04 Å². The van der Waals surface area contributed by atoms with E-state index >= 15 is 0 Å². The number of anilines is 1. The van der Waals surface area contributed by atoms with E-state index in [1.165, 1.54) is 30.6 Å². The Morgan fingerprint density at radius 3 is 2.08 bits per heavy atom. The van der Waals surface area contributed by atoms with Crippen molar-refractivity contribution < 1.29 is 31.8 Å². The first kappa shape index (κ1) is 27.7. The van der Waals surface area contributed by atoms with E-state index in [0.717, 1.165) is 22.5 Å². The van der Waals surface area contributed by atoms with E-state index in [1.54, 1.807) is 18.3 Å². The Bertz CT molecular complexity index is 1340. The molecule has 0 aliphatic heterocycles. The molecule has 39 heavy (non-hydrogen) atoms. The molecule has 204 valence electrons. The van der Waals surface area contributed by atoms with Crippen LogP contribution in [0.5, 0.6) is 11.5 Å². The van der Waals surface area contributed by atoms with Crippen LogP contribution in [0.1, 0.15) is 41.1 Å². The zero-order valence-electron chi connectivity index (χ0n) is 21.3. The van der Waals surface area contributed by atoms with Crippen molar-refractivity contribution in [2.45, 2.75) is 38.5 Å². The second-order valence-electron chi connectivity index (χ2n) is 8.93. The Hall–Kier alpha value is -4.34. The number of nitrogens with zero attached hydrogens (tertiary/aromatic N) is 3. The molecular formula is C29H27F4N3O3. The highest BCUT2D eigenvalue weighted by atomic mass is 19.3. The maximum absolute atomic E-state index is 13.1. The van der Waals surface area contributed by atoms with Crippen LogP contribution in [0.25, 0.3) is 0 Å². The number of ether oxygens (including phenoxy) is 2. The summed E-state index contributed by atoms with van der Waals surface area (Å²) in [4.78, 5) is 6.68. The normalized spacial score (nSPS) is 12.8. The topological polar surface area (TPSA) is 61.5 Å². The Kier molecular flexibility index (Phi) is 8.85. The molecule has 0 fully saturated rings. The maximum atomic E-state index is 13.1. The van der Waals surface area contributed by atoms with Gasteiger partial charge in [-0.1, -0.05) is 42.5 Å². The van der Waals surface area contributed by atoms with Gasteiger partial charge < -0.3 is 19.6 Å². The number of alkyl halides is 4. The Balaban J connectivity index is 1.68. The predicted octanol–water partition coefficient (Wildman–Crippen LogP) is 6.49. The number of rotatable bonds is 11. The summed E-state index contributed by atoms with van der Waals surface area (Å²) in [5.74, 6) is -0.695. The summed E-state index contributed by atoms with van der Waals surface area (Å²) >= 11 is 0. The van der Waals surface area contributed by atoms with Crippen LogP contribution in [0.15, 0.2) is 91.4 Å². The molecule has 4 rings (SSSR count). The quantitative estimate of drug-likeness (QED) is 0.123. The van der Waals surface area contributed by atoms with Crippen molar-refractivity contribution in [3.63, 3.8) is 0 Å². The second kappa shape index (κ2) is 12.5. The monoisotopic (exact) mass is 541 g/mol. The lowest BCUT2D eigenvalue weighted by Crippen LogP contribution is -2.24. The fraction of sp³-hybridized carbons (Fsp3) is 0.241. The molecule has 0 spiro atoms. The SMILES string of the molecule is C[C@@H](c1ccccc1)N(C)c1ccc(C(Cc2cc[n+]([O-])cc2)c2ccc(OC(F)F)c(OC(F)F)c2)cn1. The maximum Gasteiger partial charge on any atom is 0.387 e. The molecule has 2 atom stereocenters. The van der Waals surface area contributed by atoms with Crippen molar-refractivity contribution >= 4 is 5.82 Å². The van der Waals surface area contributed by atoms with Crippen LogP contribution < -0.4 is 19.1 Å². The van der Waals surface area contributed by atoms with Gasteiger partial charge in [0.25, 0.3) is 0 Å². The molecule has 0 bridgehead atoms. The molecule has 0 saturated carbocycles. The van der Waals surface area contributed by atoms with Gasteiger partial charge in [0.2, 0.25) is 0 Å². The van der Waals surface area contributed by atoms with Crippen molar-refractivity contribution in [3.8, 4) is 11.5 Å². The van der Waals surface area contributed by atoms with Crippen molar-refractivity contribution in [2.75, 3.05) is 11.9 Å². The van der Waals surface area contributed by atoms with Crippen molar-refractivity contribution in [1.29, 1.82) is 0 Å². The fourth-order valence-corrected chi connectivity index (χ4v) is 4.33. The third kappa shape index (κ3) is 7.16. The Labute approximate surface area is 223 Å². The van der Waals surface area contributed by atoms with Crippen molar-refractivity contribution in [3.05, 3.63) is 119 Å². The Morgan fingerprint density at radius 1 is 0.821 bits per heavy atom. The first-order chi connectivity index (χ1) is 18.7. The molecule has 0 aliphatic carbocycles. The van der Waals surface area contributed by atoms with E-state index in [2.05, 4.69) is 21.4 Å². The van der Waals surface area contributed by atoms with Gasteiger partial charge in [0, 0.05) is 31.3 Å². The summed E-state index contributed by atoms with van der Waals surface area (Å²) in [6.07, 6.45) is 4.79. The summed E-state index contributed by atoms with van der Waals surface area (Å²) in [5.41, 5.74) is 3.20. The number of benzene rings is 2. The molecule has 0 aliphatic rings. The number of halogens is 4. The van der Waals surface area contributed by atoms with Gasteiger partial charge in [0.1, 0.15) is 5.82 Å². The highest BCUT2D eigenvalue weighted by molar-refractivity contribution is 5.48. The van der Waals surface area contributed by atoms with Gasteiger partial charge in [0.15, 0.2) is 23.9 Å². The molecule has 0 radical (unpaired) electrons. The number of hydrogen-bond donors (Lipinski definition) is 0. The lowest BCUT2D eigenvalue weighted by Gasteiger charge is -2.27. The van der Waals surface area contributed by atoms with Gasteiger partial charge in [-0.3, -0.25) is 0 Å². The minimum Gasteiger partial charge on any atom is -0.619 e. The van der Waals surface area contributed by atoms with Crippen LogP contribution in [0.3, 0.4) is 0 Å². The molecule has 2 aromatic carbocycles. The number of hydrogen-bond acceptors (Lipinski definition) is 5. The number of pyridine rings is 2. The molecule has 2 heterocycles. The average molecular weight is 542 g/mol. The summed E-state index contributed by atoms with van der Waals surface area (Å²) in [5, 5.41) is 11.5. The number of aromatic nitrogens is 2. The molecule has 0 amide bonds. The van der Waals surface area contributed by atoms with Crippen molar-refractivity contribution in [1.82, 2.24) is 4.98 Å². The lowest BCUT2D eigenvalue weighted by atomic mass is 9.86. The van der Waals surface area contributed by atoms with E-state index in [1.807, 2.05) is 54.4 Å². The van der Waals surface area contributed by atoms with Crippen molar-refractivity contribution in [2.24, 2.45) is 0 Å². The minimum absolute atomic E-state index is 0.0554. The molecule has 1 unspecified atom stereocenters. The molecule has 6 nitrogen and oxygen atoms in total.